The number of nitro groups is 1. The number of aliphatic imine (C=N–C) groups is 1. The largest absolute Gasteiger partial charge is 0.495 e. The van der Waals surface area contributed by atoms with Crippen molar-refractivity contribution in [2.24, 2.45) is 4.99 Å². The maximum atomic E-state index is 15.1. The Hall–Kier alpha value is -4.94. The lowest BCUT2D eigenvalue weighted by Crippen LogP contribution is -2.55. The molecule has 41 heavy (non-hydrogen) atoms. The fourth-order valence-electron chi connectivity index (χ4n) is 5.21. The van der Waals surface area contributed by atoms with Crippen LogP contribution in [-0.2, 0) is 4.79 Å². The van der Waals surface area contributed by atoms with Gasteiger partial charge in [-0.2, -0.15) is 0 Å². The first-order valence-electron chi connectivity index (χ1n) is 12.8. The van der Waals surface area contributed by atoms with Gasteiger partial charge in [0.2, 0.25) is 5.96 Å². The van der Waals surface area contributed by atoms with Crippen molar-refractivity contribution in [1.82, 2.24) is 4.90 Å². The van der Waals surface area contributed by atoms with E-state index in [0.29, 0.717) is 31.7 Å². The van der Waals surface area contributed by atoms with Crippen LogP contribution in [0.25, 0.3) is 0 Å². The Labute approximate surface area is 234 Å². The van der Waals surface area contributed by atoms with Crippen molar-refractivity contribution in [1.29, 1.82) is 0 Å². The molecule has 0 spiro atoms. The first kappa shape index (κ1) is 27.6. The van der Waals surface area contributed by atoms with Crippen LogP contribution >= 0.6 is 0 Å². The van der Waals surface area contributed by atoms with Gasteiger partial charge in [-0.1, -0.05) is 12.1 Å². The fourth-order valence-corrected chi connectivity index (χ4v) is 5.21. The lowest BCUT2D eigenvalue weighted by atomic mass is 9.97. The average Bonchev–Trinajstić information content (AvgIpc) is 2.97. The van der Waals surface area contributed by atoms with Gasteiger partial charge < -0.3 is 29.3 Å². The summed E-state index contributed by atoms with van der Waals surface area (Å²) in [4.78, 5) is 33.3. The molecule has 1 saturated heterocycles. The molecule has 0 bridgehead atoms. The summed E-state index contributed by atoms with van der Waals surface area (Å²) < 4.78 is 39.7. The van der Waals surface area contributed by atoms with Crippen LogP contribution in [0.1, 0.15) is 18.0 Å². The second-order valence-corrected chi connectivity index (χ2v) is 9.48. The number of benzene rings is 3. The number of carboxylic acid groups (broad SMARTS) is 1. The first-order valence-corrected chi connectivity index (χ1v) is 12.8. The lowest BCUT2D eigenvalue weighted by Gasteiger charge is -2.45. The molecule has 0 saturated carbocycles. The van der Waals surface area contributed by atoms with Gasteiger partial charge in [-0.3, -0.25) is 14.9 Å². The summed E-state index contributed by atoms with van der Waals surface area (Å²) in [6.07, 6.45) is -0.434. The Balaban J connectivity index is 1.58. The van der Waals surface area contributed by atoms with Crippen molar-refractivity contribution >= 4 is 34.7 Å². The van der Waals surface area contributed by atoms with E-state index in [0.717, 1.165) is 5.69 Å². The van der Waals surface area contributed by atoms with Crippen LogP contribution in [0.5, 0.6) is 11.5 Å². The van der Waals surface area contributed by atoms with Crippen LogP contribution in [-0.4, -0.2) is 67.3 Å². The van der Waals surface area contributed by atoms with Crippen LogP contribution in [0, 0.1) is 21.7 Å². The number of halogens is 2. The Bertz CT molecular complexity index is 1530. The van der Waals surface area contributed by atoms with Crippen LogP contribution < -0.4 is 19.3 Å². The highest BCUT2D eigenvalue weighted by Crippen LogP contribution is 2.45. The van der Waals surface area contributed by atoms with Crippen molar-refractivity contribution in [2.75, 3.05) is 50.2 Å². The minimum atomic E-state index is -1.14. The summed E-state index contributed by atoms with van der Waals surface area (Å²) in [5, 5.41) is 21.5. The molecule has 5 rings (SSSR count). The van der Waals surface area contributed by atoms with Gasteiger partial charge in [-0.25, -0.2) is 13.8 Å². The zero-order valence-corrected chi connectivity index (χ0v) is 22.3. The van der Waals surface area contributed by atoms with Gasteiger partial charge in [-0.05, 0) is 24.3 Å². The van der Waals surface area contributed by atoms with Crippen molar-refractivity contribution in [3.63, 3.8) is 0 Å². The highest BCUT2D eigenvalue weighted by molar-refractivity contribution is 6.02. The molecule has 1 unspecified atom stereocenters. The third-order valence-electron chi connectivity index (χ3n) is 7.18. The SMILES string of the molecule is COc1cc(N2CCN(C3=Nc4c(F)cccc4C(CC(=O)O)N3c3cc([N+](=O)[O-])ccc3OC)CC2)ccc1F. The lowest BCUT2D eigenvalue weighted by molar-refractivity contribution is -0.384. The van der Waals surface area contributed by atoms with Gasteiger partial charge in [0, 0.05) is 55.6 Å². The van der Waals surface area contributed by atoms with Crippen LogP contribution in [0.2, 0.25) is 0 Å². The normalized spacial score (nSPS) is 16.6. The van der Waals surface area contributed by atoms with E-state index in [2.05, 4.69) is 4.99 Å². The number of nitro benzene ring substituents is 1. The number of fused-ring (bicyclic) bond motifs is 1. The van der Waals surface area contributed by atoms with Crippen molar-refractivity contribution < 1.29 is 33.1 Å². The summed E-state index contributed by atoms with van der Waals surface area (Å²) in [7, 11) is 2.80. The maximum absolute atomic E-state index is 15.1. The molecule has 214 valence electrons. The third kappa shape index (κ3) is 5.30. The van der Waals surface area contributed by atoms with Gasteiger partial charge in [0.25, 0.3) is 5.69 Å². The Kier molecular flexibility index (Phi) is 7.60. The number of aliphatic carboxylic acids is 1. The fraction of sp³-hybridized carbons (Fsp3) is 0.286. The number of carbonyl (C=O) groups is 1. The predicted molar refractivity (Wildman–Crippen MR) is 147 cm³/mol. The minimum Gasteiger partial charge on any atom is -0.495 e. The molecule has 2 heterocycles. The molecule has 3 aromatic carbocycles. The minimum absolute atomic E-state index is 0.0140. The Morgan fingerprint density at radius 3 is 2.37 bits per heavy atom. The van der Waals surface area contributed by atoms with E-state index < -0.39 is 35.0 Å². The predicted octanol–water partition coefficient (Wildman–Crippen LogP) is 4.74. The standard InChI is InChI=1S/C28H27F2N5O6/c1-40-24-9-7-18(35(38)39)14-23(24)34-22(16-26(36)37)19-4-3-5-21(30)27(19)31-28(34)33-12-10-32(11-13-33)17-6-8-20(29)25(15-17)41-2/h3-9,14-15,22H,10-13,16H2,1-2H3,(H,36,37). The summed E-state index contributed by atoms with van der Waals surface area (Å²) in [5.74, 6) is -1.61. The highest BCUT2D eigenvalue weighted by Gasteiger charge is 2.39. The maximum Gasteiger partial charge on any atom is 0.305 e. The van der Waals surface area contributed by atoms with Crippen LogP contribution in [0.4, 0.5) is 31.5 Å². The molecule has 1 fully saturated rings. The monoisotopic (exact) mass is 567 g/mol. The second kappa shape index (κ2) is 11.3. The van der Waals surface area contributed by atoms with Crippen LogP contribution in [0.15, 0.2) is 59.6 Å². The van der Waals surface area contributed by atoms with Crippen molar-refractivity contribution in [3.8, 4) is 11.5 Å². The number of carboxylic acids is 1. The number of methoxy groups -OCH3 is 2. The van der Waals surface area contributed by atoms with Gasteiger partial charge in [0.1, 0.15) is 17.3 Å². The molecule has 0 amide bonds. The van der Waals surface area contributed by atoms with E-state index in [9.17, 15) is 24.4 Å². The van der Waals surface area contributed by atoms with E-state index in [1.54, 1.807) is 23.1 Å². The smallest absolute Gasteiger partial charge is 0.305 e. The molecular formula is C28H27F2N5O6. The van der Waals surface area contributed by atoms with Gasteiger partial charge in [-0.15, -0.1) is 0 Å². The number of non-ortho nitro benzene ring substituents is 1. The number of anilines is 2. The highest BCUT2D eigenvalue weighted by atomic mass is 19.1. The number of para-hydroxylation sites is 1. The number of piperazine rings is 1. The summed E-state index contributed by atoms with van der Waals surface area (Å²) in [6, 6.07) is 12.0. The molecule has 0 radical (unpaired) electrons. The molecule has 0 aromatic heterocycles. The molecule has 11 nitrogen and oxygen atoms in total. The Morgan fingerprint density at radius 1 is 1.00 bits per heavy atom. The molecule has 1 N–H and O–H groups in total. The third-order valence-corrected chi connectivity index (χ3v) is 7.18. The molecule has 1 atom stereocenters. The molecular weight excluding hydrogens is 540 g/mol. The average molecular weight is 568 g/mol. The summed E-state index contributed by atoms with van der Waals surface area (Å²) >= 11 is 0. The van der Waals surface area contributed by atoms with Gasteiger partial charge in [0.05, 0.1) is 37.3 Å². The van der Waals surface area contributed by atoms with E-state index in [1.807, 2.05) is 9.80 Å². The number of hydrogen-bond acceptors (Lipinski definition) is 9. The summed E-state index contributed by atoms with van der Waals surface area (Å²) in [6.45, 7) is 1.72. The number of ether oxygens (including phenoxy) is 2. The van der Waals surface area contributed by atoms with E-state index >= 15 is 4.39 Å². The number of rotatable bonds is 7. The quantitative estimate of drug-likeness (QED) is 0.319. The molecule has 0 aliphatic carbocycles. The van der Waals surface area contributed by atoms with E-state index in [4.69, 9.17) is 9.47 Å². The number of guanidine groups is 1. The van der Waals surface area contributed by atoms with E-state index in [1.165, 1.54) is 50.6 Å². The molecule has 2 aliphatic rings. The molecule has 3 aromatic rings. The zero-order valence-electron chi connectivity index (χ0n) is 22.3. The van der Waals surface area contributed by atoms with Crippen molar-refractivity contribution in [3.05, 3.63) is 81.9 Å². The van der Waals surface area contributed by atoms with Crippen molar-refractivity contribution in [2.45, 2.75) is 12.5 Å². The molecule has 13 heteroatoms. The zero-order chi connectivity index (χ0) is 29.3. The van der Waals surface area contributed by atoms with Crippen LogP contribution in [0.3, 0.4) is 0 Å². The molecule has 2 aliphatic heterocycles. The summed E-state index contributed by atoms with van der Waals surface area (Å²) in [5.41, 5.74) is 1.11. The number of nitrogens with zero attached hydrogens (tertiary/aromatic N) is 5. The topological polar surface area (TPSA) is 121 Å². The van der Waals surface area contributed by atoms with Gasteiger partial charge >= 0.3 is 5.97 Å². The first-order chi connectivity index (χ1) is 19.7. The Morgan fingerprint density at radius 2 is 1.71 bits per heavy atom. The number of hydrogen-bond donors (Lipinski definition) is 1. The van der Waals surface area contributed by atoms with Gasteiger partial charge in [0.15, 0.2) is 11.6 Å². The second-order valence-electron chi connectivity index (χ2n) is 9.48. The van der Waals surface area contributed by atoms with E-state index in [-0.39, 0.29) is 34.5 Å².